The van der Waals surface area contributed by atoms with E-state index in [-0.39, 0.29) is 21.4 Å². The quantitative estimate of drug-likeness (QED) is 0.344. The molecule has 0 fully saturated rings. The zero-order chi connectivity index (χ0) is 19.1. The van der Waals surface area contributed by atoms with Crippen molar-refractivity contribution in [3.8, 4) is 0 Å². The van der Waals surface area contributed by atoms with Crippen LogP contribution in [0.25, 0.3) is 6.08 Å². The molecule has 0 atom stereocenters. The third-order valence-corrected chi connectivity index (χ3v) is 3.70. The summed E-state index contributed by atoms with van der Waals surface area (Å²) in [4.78, 5) is 33.6. The van der Waals surface area contributed by atoms with Crippen molar-refractivity contribution in [3.63, 3.8) is 0 Å². The zero-order valence-electron chi connectivity index (χ0n) is 13.1. The summed E-state index contributed by atoms with van der Waals surface area (Å²) < 4.78 is 4.80. The fraction of sp³-hybridized carbons (Fsp3) is 0.0588. The van der Waals surface area contributed by atoms with Crippen LogP contribution in [0.2, 0.25) is 10.0 Å². The number of halogens is 2. The SMILES string of the molecule is O=C(COC(=O)/C=C/c1cccc([N+](=O)[O-])c1)Nc1c(Cl)cccc1Cl. The van der Waals surface area contributed by atoms with E-state index in [1.807, 2.05) is 0 Å². The Balaban J connectivity index is 1.89. The number of nitrogens with one attached hydrogen (secondary N) is 1. The minimum atomic E-state index is -0.781. The average Bonchev–Trinajstić information content (AvgIpc) is 2.61. The predicted molar refractivity (Wildman–Crippen MR) is 98.2 cm³/mol. The summed E-state index contributed by atoms with van der Waals surface area (Å²) in [6.07, 6.45) is 2.41. The van der Waals surface area contributed by atoms with Crippen LogP contribution in [-0.4, -0.2) is 23.4 Å². The lowest BCUT2D eigenvalue weighted by Gasteiger charge is -2.08. The lowest BCUT2D eigenvalue weighted by Crippen LogP contribution is -2.20. The number of nitro groups is 1. The third kappa shape index (κ3) is 5.58. The first-order chi connectivity index (χ1) is 12.4. The Kier molecular flexibility index (Phi) is 6.71. The van der Waals surface area contributed by atoms with Crippen molar-refractivity contribution >= 4 is 52.5 Å². The lowest BCUT2D eigenvalue weighted by molar-refractivity contribution is -0.384. The van der Waals surface area contributed by atoms with Crippen LogP contribution in [-0.2, 0) is 14.3 Å². The number of hydrogen-bond donors (Lipinski definition) is 1. The van der Waals surface area contributed by atoms with E-state index < -0.39 is 23.4 Å². The number of anilines is 1. The number of rotatable bonds is 6. The van der Waals surface area contributed by atoms with Crippen molar-refractivity contribution in [2.75, 3.05) is 11.9 Å². The van der Waals surface area contributed by atoms with Crippen LogP contribution in [0.15, 0.2) is 48.5 Å². The second-order valence-electron chi connectivity index (χ2n) is 4.94. The average molecular weight is 395 g/mol. The van der Waals surface area contributed by atoms with Gasteiger partial charge in [0, 0.05) is 18.2 Å². The van der Waals surface area contributed by atoms with Crippen LogP contribution in [0, 0.1) is 10.1 Å². The van der Waals surface area contributed by atoms with Crippen molar-refractivity contribution in [1.82, 2.24) is 0 Å². The zero-order valence-corrected chi connectivity index (χ0v) is 14.7. The molecule has 0 aliphatic rings. The van der Waals surface area contributed by atoms with Gasteiger partial charge in [0.2, 0.25) is 0 Å². The van der Waals surface area contributed by atoms with Crippen molar-refractivity contribution in [1.29, 1.82) is 0 Å². The van der Waals surface area contributed by atoms with Gasteiger partial charge in [0.05, 0.1) is 20.7 Å². The molecule has 2 aromatic rings. The molecule has 0 saturated heterocycles. The number of ether oxygens (including phenoxy) is 1. The van der Waals surface area contributed by atoms with Crippen LogP contribution in [0.3, 0.4) is 0 Å². The maximum atomic E-state index is 11.8. The fourth-order valence-electron chi connectivity index (χ4n) is 1.88. The molecule has 2 aromatic carbocycles. The van der Waals surface area contributed by atoms with Crippen molar-refractivity contribution in [3.05, 3.63) is 74.3 Å². The van der Waals surface area contributed by atoms with E-state index in [4.69, 9.17) is 27.9 Å². The Morgan fingerprint density at radius 3 is 2.46 bits per heavy atom. The molecule has 0 bridgehead atoms. The van der Waals surface area contributed by atoms with Gasteiger partial charge in [-0.05, 0) is 23.8 Å². The van der Waals surface area contributed by atoms with Gasteiger partial charge in [-0.25, -0.2) is 4.79 Å². The second-order valence-corrected chi connectivity index (χ2v) is 5.75. The van der Waals surface area contributed by atoms with Crippen molar-refractivity contribution in [2.24, 2.45) is 0 Å². The Labute approximate surface area is 158 Å². The summed E-state index contributed by atoms with van der Waals surface area (Å²) in [5, 5.41) is 13.6. The molecule has 0 aliphatic carbocycles. The molecule has 0 radical (unpaired) electrons. The van der Waals surface area contributed by atoms with Gasteiger partial charge in [0.15, 0.2) is 6.61 Å². The van der Waals surface area contributed by atoms with Gasteiger partial charge in [0.25, 0.3) is 11.6 Å². The number of benzene rings is 2. The van der Waals surface area contributed by atoms with Crippen LogP contribution in [0.1, 0.15) is 5.56 Å². The van der Waals surface area contributed by atoms with Crippen LogP contribution in [0.5, 0.6) is 0 Å². The molecule has 0 spiro atoms. The number of esters is 1. The highest BCUT2D eigenvalue weighted by atomic mass is 35.5. The largest absolute Gasteiger partial charge is 0.452 e. The molecule has 134 valence electrons. The molecule has 1 N–H and O–H groups in total. The Morgan fingerprint density at radius 2 is 1.81 bits per heavy atom. The maximum Gasteiger partial charge on any atom is 0.331 e. The van der Waals surface area contributed by atoms with Gasteiger partial charge in [-0.15, -0.1) is 0 Å². The third-order valence-electron chi connectivity index (χ3n) is 3.07. The normalized spacial score (nSPS) is 10.5. The van der Waals surface area contributed by atoms with Crippen LogP contribution < -0.4 is 5.32 Å². The topological polar surface area (TPSA) is 98.5 Å². The molecule has 2 rings (SSSR count). The molecule has 0 aliphatic heterocycles. The minimum absolute atomic E-state index is 0.100. The summed E-state index contributed by atoms with van der Waals surface area (Å²) in [7, 11) is 0. The van der Waals surface area contributed by atoms with Gasteiger partial charge in [-0.2, -0.15) is 0 Å². The summed E-state index contributed by atoms with van der Waals surface area (Å²) in [6.45, 7) is -0.542. The molecule has 7 nitrogen and oxygen atoms in total. The van der Waals surface area contributed by atoms with E-state index in [9.17, 15) is 19.7 Å². The van der Waals surface area contributed by atoms with E-state index in [0.717, 1.165) is 6.08 Å². The summed E-state index contributed by atoms with van der Waals surface area (Å²) in [6, 6.07) is 10.4. The molecule has 26 heavy (non-hydrogen) atoms. The van der Waals surface area contributed by atoms with Crippen LogP contribution >= 0.6 is 23.2 Å². The van der Waals surface area contributed by atoms with Crippen molar-refractivity contribution < 1.29 is 19.2 Å². The maximum absolute atomic E-state index is 11.8. The number of para-hydroxylation sites is 1. The minimum Gasteiger partial charge on any atom is -0.452 e. The highest BCUT2D eigenvalue weighted by molar-refractivity contribution is 6.39. The monoisotopic (exact) mass is 394 g/mol. The number of nitrogens with zero attached hydrogens (tertiary/aromatic N) is 1. The van der Waals surface area contributed by atoms with E-state index in [1.165, 1.54) is 24.3 Å². The molecule has 0 saturated carbocycles. The van der Waals surface area contributed by atoms with Gasteiger partial charge >= 0.3 is 5.97 Å². The first-order valence-electron chi connectivity index (χ1n) is 7.20. The standard InChI is InChI=1S/C17H12Cl2N2O5/c18-13-5-2-6-14(19)17(13)20-15(22)10-26-16(23)8-7-11-3-1-4-12(9-11)21(24)25/h1-9H,10H2,(H,20,22)/b8-7+. The number of amides is 1. The molecule has 9 heteroatoms. The Bertz CT molecular complexity index is 863. The van der Waals surface area contributed by atoms with Crippen molar-refractivity contribution in [2.45, 2.75) is 0 Å². The number of carbonyl (C=O) groups is 2. The van der Waals surface area contributed by atoms with E-state index in [1.54, 1.807) is 24.3 Å². The Morgan fingerprint density at radius 1 is 1.15 bits per heavy atom. The molecular weight excluding hydrogens is 383 g/mol. The van der Waals surface area contributed by atoms with Gasteiger partial charge < -0.3 is 10.1 Å². The molecule has 0 heterocycles. The predicted octanol–water partition coefficient (Wildman–Crippen LogP) is 4.10. The highest BCUT2D eigenvalue weighted by Crippen LogP contribution is 2.29. The first-order valence-corrected chi connectivity index (χ1v) is 7.95. The van der Waals surface area contributed by atoms with Gasteiger partial charge in [-0.3, -0.25) is 14.9 Å². The lowest BCUT2D eigenvalue weighted by atomic mass is 10.2. The number of nitro benzene ring substituents is 1. The van der Waals surface area contributed by atoms with Gasteiger partial charge in [-0.1, -0.05) is 41.4 Å². The number of carbonyl (C=O) groups excluding carboxylic acids is 2. The van der Waals surface area contributed by atoms with E-state index in [0.29, 0.717) is 5.56 Å². The Hall–Kier alpha value is -2.90. The number of non-ortho nitro benzene ring substituents is 1. The van der Waals surface area contributed by atoms with E-state index >= 15 is 0 Å². The second kappa shape index (κ2) is 8.98. The fourth-order valence-corrected chi connectivity index (χ4v) is 2.38. The van der Waals surface area contributed by atoms with E-state index in [2.05, 4.69) is 5.32 Å². The molecule has 0 unspecified atom stereocenters. The van der Waals surface area contributed by atoms with Crippen LogP contribution in [0.4, 0.5) is 11.4 Å². The summed E-state index contributed by atoms with van der Waals surface area (Å²) in [5.74, 6) is -1.39. The summed E-state index contributed by atoms with van der Waals surface area (Å²) >= 11 is 11.8. The number of hydrogen-bond acceptors (Lipinski definition) is 5. The summed E-state index contributed by atoms with van der Waals surface area (Å²) in [5.41, 5.74) is 0.573. The molecular formula is C17H12Cl2N2O5. The first kappa shape index (κ1) is 19.4. The highest BCUT2D eigenvalue weighted by Gasteiger charge is 2.11. The smallest absolute Gasteiger partial charge is 0.331 e. The van der Waals surface area contributed by atoms with Gasteiger partial charge in [0.1, 0.15) is 0 Å². The molecule has 1 amide bonds. The molecule has 0 aromatic heterocycles.